The van der Waals surface area contributed by atoms with Crippen molar-refractivity contribution in [3.05, 3.63) is 40.3 Å². The van der Waals surface area contributed by atoms with Crippen LogP contribution in [0.4, 0.5) is 10.9 Å². The lowest BCUT2D eigenvalue weighted by Crippen LogP contribution is -2.07. The van der Waals surface area contributed by atoms with Gasteiger partial charge in [-0.15, -0.1) is 0 Å². The number of thiazole rings is 1. The minimum atomic E-state index is 0.652. The number of nitrogen functional groups attached to an aromatic ring is 1. The van der Waals surface area contributed by atoms with Crippen molar-refractivity contribution in [2.24, 2.45) is 0 Å². The highest BCUT2D eigenvalue weighted by Gasteiger charge is 2.10. The van der Waals surface area contributed by atoms with Crippen molar-refractivity contribution in [1.82, 2.24) is 4.98 Å². The lowest BCUT2D eigenvalue weighted by molar-refractivity contribution is 1.10. The third-order valence-electron chi connectivity index (χ3n) is 2.58. The molecule has 0 unspecified atom stereocenters. The third-order valence-corrected chi connectivity index (χ3v) is 3.82. The molecule has 3 nitrogen and oxygen atoms in total. The molecule has 2 aromatic rings. The Morgan fingerprint density at radius 1 is 1.24 bits per heavy atom. The van der Waals surface area contributed by atoms with Crippen LogP contribution in [0.5, 0.6) is 0 Å². The normalized spacial score (nSPS) is 10.5. The van der Waals surface area contributed by atoms with Crippen LogP contribution in [-0.2, 0) is 6.42 Å². The molecule has 0 fully saturated rings. The van der Waals surface area contributed by atoms with Gasteiger partial charge in [-0.3, -0.25) is 0 Å². The molecule has 0 saturated heterocycles. The van der Waals surface area contributed by atoms with Gasteiger partial charge in [-0.05, 0) is 12.5 Å². The van der Waals surface area contributed by atoms with E-state index in [9.17, 15) is 0 Å². The molecule has 1 aromatic heterocycles. The summed E-state index contributed by atoms with van der Waals surface area (Å²) in [7, 11) is 3.96. The summed E-state index contributed by atoms with van der Waals surface area (Å²) < 4.78 is 0. The Hall–Kier alpha value is -1.55. The van der Waals surface area contributed by atoms with Crippen LogP contribution in [0.15, 0.2) is 24.3 Å². The van der Waals surface area contributed by atoms with E-state index in [1.54, 1.807) is 11.3 Å². The Balaban J connectivity index is 2.21. The third kappa shape index (κ3) is 2.77. The molecule has 0 aliphatic rings. The molecule has 17 heavy (non-hydrogen) atoms. The molecule has 2 rings (SSSR count). The lowest BCUT2D eigenvalue weighted by Gasteiger charge is -2.05. The lowest BCUT2D eigenvalue weighted by atomic mass is 10.1. The highest BCUT2D eigenvalue weighted by Crippen LogP contribution is 2.28. The fourth-order valence-corrected chi connectivity index (χ4v) is 2.50. The van der Waals surface area contributed by atoms with E-state index in [-0.39, 0.29) is 0 Å². The summed E-state index contributed by atoms with van der Waals surface area (Å²) in [5.41, 5.74) is 8.48. The van der Waals surface area contributed by atoms with Gasteiger partial charge < -0.3 is 10.6 Å². The summed E-state index contributed by atoms with van der Waals surface area (Å²) in [6.45, 7) is 2.09. The molecule has 90 valence electrons. The van der Waals surface area contributed by atoms with E-state index in [1.165, 1.54) is 11.1 Å². The summed E-state index contributed by atoms with van der Waals surface area (Å²) in [5, 5.41) is 0.963. The second kappa shape index (κ2) is 4.75. The first-order chi connectivity index (χ1) is 8.06. The zero-order valence-electron chi connectivity index (χ0n) is 10.4. The van der Waals surface area contributed by atoms with Gasteiger partial charge in [0.05, 0.1) is 4.88 Å². The maximum absolute atomic E-state index is 5.93. The summed E-state index contributed by atoms with van der Waals surface area (Å²) in [5.74, 6) is 0.652. The molecule has 0 bridgehead atoms. The van der Waals surface area contributed by atoms with Crippen LogP contribution >= 0.6 is 11.3 Å². The fraction of sp³-hybridized carbons (Fsp3) is 0.308. The summed E-state index contributed by atoms with van der Waals surface area (Å²) in [4.78, 5) is 7.47. The van der Waals surface area contributed by atoms with Crippen LogP contribution in [0.1, 0.15) is 16.0 Å². The molecule has 0 saturated carbocycles. The predicted octanol–water partition coefficient (Wildman–Crippen LogP) is 2.69. The highest BCUT2D eigenvalue weighted by molar-refractivity contribution is 7.16. The van der Waals surface area contributed by atoms with Crippen molar-refractivity contribution in [2.45, 2.75) is 13.3 Å². The molecule has 1 aromatic carbocycles. The summed E-state index contributed by atoms with van der Waals surface area (Å²) in [6.07, 6.45) is 0.859. The molecular weight excluding hydrogens is 230 g/mol. The number of rotatable bonds is 3. The van der Waals surface area contributed by atoms with E-state index in [4.69, 9.17) is 5.73 Å². The number of anilines is 2. The van der Waals surface area contributed by atoms with Crippen molar-refractivity contribution in [3.8, 4) is 0 Å². The van der Waals surface area contributed by atoms with E-state index in [0.717, 1.165) is 16.4 Å². The minimum absolute atomic E-state index is 0.652. The topological polar surface area (TPSA) is 42.2 Å². The Bertz CT molecular complexity index is 500. The Morgan fingerprint density at radius 3 is 2.41 bits per heavy atom. The first-order valence-electron chi connectivity index (χ1n) is 5.54. The van der Waals surface area contributed by atoms with Crippen molar-refractivity contribution < 1.29 is 0 Å². The van der Waals surface area contributed by atoms with Crippen molar-refractivity contribution in [2.75, 3.05) is 24.7 Å². The van der Waals surface area contributed by atoms with Crippen LogP contribution < -0.4 is 10.6 Å². The zero-order valence-corrected chi connectivity index (χ0v) is 11.2. The fourth-order valence-electron chi connectivity index (χ4n) is 1.56. The van der Waals surface area contributed by atoms with Gasteiger partial charge in [-0.2, -0.15) is 0 Å². The SMILES string of the molecule is Cc1ccc(Cc2sc(N(C)C)nc2N)cc1. The summed E-state index contributed by atoms with van der Waals surface area (Å²) in [6, 6.07) is 8.53. The molecule has 0 aliphatic carbocycles. The molecule has 0 spiro atoms. The van der Waals surface area contributed by atoms with Gasteiger partial charge in [0.2, 0.25) is 0 Å². The van der Waals surface area contributed by atoms with Crippen LogP contribution in [-0.4, -0.2) is 19.1 Å². The van der Waals surface area contributed by atoms with Crippen molar-refractivity contribution in [1.29, 1.82) is 0 Å². The van der Waals surface area contributed by atoms with Gasteiger partial charge in [0.25, 0.3) is 0 Å². The van der Waals surface area contributed by atoms with Crippen LogP contribution in [0.2, 0.25) is 0 Å². The zero-order chi connectivity index (χ0) is 12.4. The molecular formula is C13H17N3S. The second-order valence-electron chi connectivity index (χ2n) is 4.36. The maximum atomic E-state index is 5.93. The summed E-state index contributed by atoms with van der Waals surface area (Å²) >= 11 is 1.66. The van der Waals surface area contributed by atoms with E-state index < -0.39 is 0 Å². The first-order valence-corrected chi connectivity index (χ1v) is 6.36. The quantitative estimate of drug-likeness (QED) is 0.906. The molecule has 1 heterocycles. The molecule has 0 atom stereocenters. The number of nitrogens with two attached hydrogens (primary N) is 1. The van der Waals surface area contributed by atoms with E-state index in [2.05, 4.69) is 36.2 Å². The minimum Gasteiger partial charge on any atom is -0.383 e. The Kier molecular flexibility index (Phi) is 3.33. The smallest absolute Gasteiger partial charge is 0.187 e. The number of benzene rings is 1. The molecule has 0 radical (unpaired) electrons. The number of hydrogen-bond donors (Lipinski definition) is 1. The Morgan fingerprint density at radius 2 is 1.88 bits per heavy atom. The molecule has 0 amide bonds. The second-order valence-corrected chi connectivity index (χ2v) is 5.42. The van der Waals surface area contributed by atoms with Gasteiger partial charge in [-0.25, -0.2) is 4.98 Å². The van der Waals surface area contributed by atoms with Gasteiger partial charge in [-0.1, -0.05) is 41.2 Å². The van der Waals surface area contributed by atoms with E-state index in [0.29, 0.717) is 5.82 Å². The average Bonchev–Trinajstić information content (AvgIpc) is 2.64. The van der Waals surface area contributed by atoms with Crippen LogP contribution in [0.3, 0.4) is 0 Å². The predicted molar refractivity (Wildman–Crippen MR) is 74.8 cm³/mol. The largest absolute Gasteiger partial charge is 0.383 e. The van der Waals surface area contributed by atoms with Crippen LogP contribution in [0.25, 0.3) is 0 Å². The standard InChI is InChI=1S/C13H17N3S/c1-9-4-6-10(7-5-9)8-11-12(14)15-13(17-11)16(2)3/h4-7H,8,14H2,1-3H3. The molecule has 0 aliphatic heterocycles. The number of aromatic nitrogens is 1. The maximum Gasteiger partial charge on any atom is 0.187 e. The van der Waals surface area contributed by atoms with Gasteiger partial charge in [0.1, 0.15) is 5.82 Å². The number of nitrogens with zero attached hydrogens (tertiary/aromatic N) is 2. The number of hydrogen-bond acceptors (Lipinski definition) is 4. The Labute approximate surface area is 106 Å². The van der Waals surface area contributed by atoms with Crippen molar-refractivity contribution >= 4 is 22.3 Å². The molecule has 2 N–H and O–H groups in total. The van der Waals surface area contributed by atoms with Crippen LogP contribution in [0, 0.1) is 6.92 Å². The monoisotopic (exact) mass is 247 g/mol. The van der Waals surface area contributed by atoms with Crippen molar-refractivity contribution in [3.63, 3.8) is 0 Å². The first kappa shape index (κ1) is 11.9. The molecule has 4 heteroatoms. The van der Waals surface area contributed by atoms with Gasteiger partial charge >= 0.3 is 0 Å². The highest BCUT2D eigenvalue weighted by atomic mass is 32.1. The number of aryl methyl sites for hydroxylation is 1. The average molecular weight is 247 g/mol. The van der Waals surface area contributed by atoms with E-state index in [1.807, 2.05) is 19.0 Å². The van der Waals surface area contributed by atoms with Gasteiger partial charge in [0.15, 0.2) is 5.13 Å². The van der Waals surface area contributed by atoms with E-state index >= 15 is 0 Å². The van der Waals surface area contributed by atoms with Gasteiger partial charge in [0, 0.05) is 20.5 Å².